The molecule has 6 heteroatoms. The van der Waals surface area contributed by atoms with E-state index in [-0.39, 0.29) is 17.9 Å². The molecule has 1 aliphatic rings. The topological polar surface area (TPSA) is 30.5 Å². The van der Waals surface area contributed by atoms with Crippen LogP contribution in [0.4, 0.5) is 13.2 Å². The molecule has 0 bridgehead atoms. The van der Waals surface area contributed by atoms with Gasteiger partial charge < -0.3 is 14.8 Å². The number of nitrogens with one attached hydrogen (secondary N) is 1. The molecule has 0 amide bonds. The van der Waals surface area contributed by atoms with Gasteiger partial charge in [0, 0.05) is 19.2 Å². The van der Waals surface area contributed by atoms with Crippen molar-refractivity contribution in [1.82, 2.24) is 5.32 Å². The van der Waals surface area contributed by atoms with Gasteiger partial charge in [-0.25, -0.2) is 0 Å². The molecule has 1 heterocycles. The van der Waals surface area contributed by atoms with E-state index in [9.17, 15) is 13.2 Å². The van der Waals surface area contributed by atoms with Crippen LogP contribution in [0.2, 0.25) is 0 Å². The Bertz CT molecular complexity index is 413. The molecule has 2 unspecified atom stereocenters. The summed E-state index contributed by atoms with van der Waals surface area (Å²) in [6, 6.07) is 6.11. The van der Waals surface area contributed by atoms with E-state index in [0.717, 1.165) is 25.0 Å². The van der Waals surface area contributed by atoms with E-state index < -0.39 is 6.36 Å². The van der Waals surface area contributed by atoms with E-state index in [0.29, 0.717) is 6.54 Å². The first-order valence-corrected chi connectivity index (χ1v) is 6.64. The monoisotopic (exact) mass is 289 g/mol. The average molecular weight is 289 g/mol. The third-order valence-electron chi connectivity index (χ3n) is 3.31. The van der Waals surface area contributed by atoms with Crippen LogP contribution in [-0.4, -0.2) is 25.1 Å². The molecular weight excluding hydrogens is 271 g/mol. The van der Waals surface area contributed by atoms with E-state index in [4.69, 9.17) is 4.74 Å². The van der Waals surface area contributed by atoms with Crippen LogP contribution in [0.5, 0.6) is 5.75 Å². The predicted molar refractivity (Wildman–Crippen MR) is 68.4 cm³/mol. The summed E-state index contributed by atoms with van der Waals surface area (Å²) in [7, 11) is 0. The second-order valence-corrected chi connectivity index (χ2v) is 4.91. The van der Waals surface area contributed by atoms with Crippen LogP contribution in [0.15, 0.2) is 24.3 Å². The van der Waals surface area contributed by atoms with Gasteiger partial charge in [-0.2, -0.15) is 0 Å². The third kappa shape index (κ3) is 4.68. The summed E-state index contributed by atoms with van der Waals surface area (Å²) in [4.78, 5) is 0. The van der Waals surface area contributed by atoms with Gasteiger partial charge in [-0.05, 0) is 37.5 Å². The SMILES string of the molecule is CC(NCc1ccc(OC(F)(F)F)cc1)C1CCCO1. The highest BCUT2D eigenvalue weighted by molar-refractivity contribution is 5.27. The normalized spacial score (nSPS) is 20.9. The van der Waals surface area contributed by atoms with Crippen molar-refractivity contribution in [3.05, 3.63) is 29.8 Å². The molecule has 3 nitrogen and oxygen atoms in total. The maximum atomic E-state index is 12.0. The van der Waals surface area contributed by atoms with E-state index >= 15 is 0 Å². The van der Waals surface area contributed by atoms with E-state index in [1.54, 1.807) is 12.1 Å². The van der Waals surface area contributed by atoms with Gasteiger partial charge >= 0.3 is 6.36 Å². The fourth-order valence-electron chi connectivity index (χ4n) is 2.22. The Morgan fingerprint density at radius 2 is 2.05 bits per heavy atom. The maximum Gasteiger partial charge on any atom is 0.573 e. The Labute approximate surface area is 116 Å². The number of ether oxygens (including phenoxy) is 2. The lowest BCUT2D eigenvalue weighted by Gasteiger charge is -2.20. The molecule has 0 spiro atoms. The van der Waals surface area contributed by atoms with Gasteiger partial charge in [0.1, 0.15) is 5.75 Å². The van der Waals surface area contributed by atoms with Gasteiger partial charge in [0.05, 0.1) is 6.10 Å². The zero-order valence-corrected chi connectivity index (χ0v) is 11.2. The number of rotatable bonds is 5. The predicted octanol–water partition coefficient (Wildman–Crippen LogP) is 3.24. The molecule has 0 radical (unpaired) electrons. The molecule has 1 aliphatic heterocycles. The molecule has 2 rings (SSSR count). The van der Waals surface area contributed by atoms with Gasteiger partial charge in [0.2, 0.25) is 0 Å². The largest absolute Gasteiger partial charge is 0.573 e. The van der Waals surface area contributed by atoms with Gasteiger partial charge in [-0.15, -0.1) is 13.2 Å². The summed E-state index contributed by atoms with van der Waals surface area (Å²) in [6.45, 7) is 3.45. The molecule has 20 heavy (non-hydrogen) atoms. The molecule has 1 N–H and O–H groups in total. The lowest BCUT2D eigenvalue weighted by Crippen LogP contribution is -2.36. The van der Waals surface area contributed by atoms with Crippen molar-refractivity contribution in [3.63, 3.8) is 0 Å². The fraction of sp³-hybridized carbons (Fsp3) is 0.571. The lowest BCUT2D eigenvalue weighted by atomic mass is 10.1. The molecule has 0 aliphatic carbocycles. The van der Waals surface area contributed by atoms with Crippen LogP contribution in [0.25, 0.3) is 0 Å². The van der Waals surface area contributed by atoms with Crippen molar-refractivity contribution in [2.75, 3.05) is 6.61 Å². The Morgan fingerprint density at radius 3 is 2.60 bits per heavy atom. The summed E-state index contributed by atoms with van der Waals surface area (Å²) in [5.74, 6) is -0.201. The molecule has 1 saturated heterocycles. The number of hydrogen-bond acceptors (Lipinski definition) is 3. The number of halogens is 3. The van der Waals surface area contributed by atoms with Gasteiger partial charge in [-0.3, -0.25) is 0 Å². The van der Waals surface area contributed by atoms with Gasteiger partial charge in [0.15, 0.2) is 0 Å². The molecule has 2 atom stereocenters. The third-order valence-corrected chi connectivity index (χ3v) is 3.31. The summed E-state index contributed by atoms with van der Waals surface area (Å²) in [6.07, 6.45) is -2.29. The molecule has 0 aromatic heterocycles. The zero-order chi connectivity index (χ0) is 14.6. The molecule has 1 aromatic carbocycles. The van der Waals surface area contributed by atoms with Gasteiger partial charge in [0.25, 0.3) is 0 Å². The zero-order valence-electron chi connectivity index (χ0n) is 11.2. The average Bonchev–Trinajstić information content (AvgIpc) is 2.89. The number of hydrogen-bond donors (Lipinski definition) is 1. The van der Waals surface area contributed by atoms with Crippen molar-refractivity contribution in [1.29, 1.82) is 0 Å². The van der Waals surface area contributed by atoms with Crippen molar-refractivity contribution >= 4 is 0 Å². The first kappa shape index (κ1) is 15.1. The lowest BCUT2D eigenvalue weighted by molar-refractivity contribution is -0.274. The quantitative estimate of drug-likeness (QED) is 0.902. The number of benzene rings is 1. The minimum Gasteiger partial charge on any atom is -0.406 e. The highest BCUT2D eigenvalue weighted by Gasteiger charge is 2.31. The van der Waals surface area contributed by atoms with Crippen LogP contribution in [0.3, 0.4) is 0 Å². The molecule has 1 fully saturated rings. The van der Waals surface area contributed by atoms with Crippen molar-refractivity contribution in [3.8, 4) is 5.75 Å². The Morgan fingerprint density at radius 1 is 1.35 bits per heavy atom. The maximum absolute atomic E-state index is 12.0. The molecule has 0 saturated carbocycles. The first-order chi connectivity index (χ1) is 9.44. The second-order valence-electron chi connectivity index (χ2n) is 4.91. The van der Waals surface area contributed by atoms with Crippen LogP contribution >= 0.6 is 0 Å². The van der Waals surface area contributed by atoms with Crippen LogP contribution < -0.4 is 10.1 Å². The van der Waals surface area contributed by atoms with Crippen molar-refractivity contribution in [2.24, 2.45) is 0 Å². The van der Waals surface area contributed by atoms with Crippen LogP contribution in [-0.2, 0) is 11.3 Å². The minimum absolute atomic E-state index is 0.201. The number of alkyl halides is 3. The van der Waals surface area contributed by atoms with Gasteiger partial charge in [-0.1, -0.05) is 12.1 Å². The molecule has 1 aromatic rings. The summed E-state index contributed by atoms with van der Waals surface area (Å²) >= 11 is 0. The molecule has 112 valence electrons. The Hall–Kier alpha value is -1.27. The minimum atomic E-state index is -4.64. The van der Waals surface area contributed by atoms with E-state index in [1.807, 2.05) is 0 Å². The summed E-state index contributed by atoms with van der Waals surface area (Å²) in [5, 5.41) is 3.32. The van der Waals surface area contributed by atoms with Crippen LogP contribution in [0.1, 0.15) is 25.3 Å². The Balaban J connectivity index is 1.81. The summed E-state index contributed by atoms with van der Waals surface area (Å²) < 4.78 is 45.5. The molecular formula is C14H18F3NO2. The highest BCUT2D eigenvalue weighted by Crippen LogP contribution is 2.23. The van der Waals surface area contributed by atoms with Crippen molar-refractivity contribution < 1.29 is 22.6 Å². The standard InChI is InChI=1S/C14H18F3NO2/c1-10(13-3-2-8-19-13)18-9-11-4-6-12(7-5-11)20-14(15,16)17/h4-7,10,13,18H,2-3,8-9H2,1H3. The van der Waals surface area contributed by atoms with Crippen LogP contribution in [0, 0.1) is 0 Å². The van der Waals surface area contributed by atoms with E-state index in [1.165, 1.54) is 12.1 Å². The van der Waals surface area contributed by atoms with E-state index in [2.05, 4.69) is 17.0 Å². The fourth-order valence-corrected chi connectivity index (χ4v) is 2.22. The smallest absolute Gasteiger partial charge is 0.406 e. The Kier molecular flexibility index (Phi) is 4.88. The second kappa shape index (κ2) is 6.45. The van der Waals surface area contributed by atoms with Crippen molar-refractivity contribution in [2.45, 2.75) is 44.8 Å². The highest BCUT2D eigenvalue weighted by atomic mass is 19.4. The summed E-state index contributed by atoms with van der Waals surface area (Å²) in [5.41, 5.74) is 0.907. The first-order valence-electron chi connectivity index (χ1n) is 6.64.